The molecule has 0 radical (unpaired) electrons. The highest BCUT2D eigenvalue weighted by Crippen LogP contribution is 2.41. The van der Waals surface area contributed by atoms with Crippen LogP contribution in [0.4, 0.5) is 10.1 Å². The van der Waals surface area contributed by atoms with Gasteiger partial charge in [0.25, 0.3) is 5.91 Å². The summed E-state index contributed by atoms with van der Waals surface area (Å²) in [7, 11) is 0. The van der Waals surface area contributed by atoms with Gasteiger partial charge in [0.1, 0.15) is 11.5 Å². The zero-order valence-corrected chi connectivity index (χ0v) is 23.1. The first-order chi connectivity index (χ1) is 19.9. The SMILES string of the molecule is C[C@@H]1c2ccccc2CCN1C(=O)c1cc(C2CC2)n2nc(-c3ccc(N4CCCC(C(N)=O)C4)cc3F)cc2n1. The van der Waals surface area contributed by atoms with E-state index in [0.717, 1.165) is 50.0 Å². The number of anilines is 1. The zero-order chi connectivity index (χ0) is 28.2. The van der Waals surface area contributed by atoms with Crippen molar-refractivity contribution in [2.75, 3.05) is 24.5 Å². The third kappa shape index (κ3) is 4.63. The molecular weight excluding hydrogens is 519 g/mol. The van der Waals surface area contributed by atoms with Crippen LogP contribution in [0, 0.1) is 11.7 Å². The fourth-order valence-corrected chi connectivity index (χ4v) is 6.46. The predicted molar refractivity (Wildman–Crippen MR) is 154 cm³/mol. The Morgan fingerprint density at radius 1 is 1.02 bits per heavy atom. The number of aromatic nitrogens is 3. The van der Waals surface area contributed by atoms with Crippen LogP contribution in [-0.4, -0.2) is 50.9 Å². The van der Waals surface area contributed by atoms with Crippen molar-refractivity contribution in [3.05, 3.63) is 82.9 Å². The lowest BCUT2D eigenvalue weighted by Crippen LogP contribution is -2.41. The second kappa shape index (κ2) is 9.98. The molecule has 1 saturated heterocycles. The smallest absolute Gasteiger partial charge is 0.273 e. The van der Waals surface area contributed by atoms with Crippen LogP contribution < -0.4 is 10.6 Å². The Morgan fingerprint density at radius 3 is 2.63 bits per heavy atom. The van der Waals surface area contributed by atoms with E-state index in [2.05, 4.69) is 19.1 Å². The highest BCUT2D eigenvalue weighted by atomic mass is 19.1. The molecule has 4 heterocycles. The molecule has 2 aromatic carbocycles. The summed E-state index contributed by atoms with van der Waals surface area (Å²) >= 11 is 0. The summed E-state index contributed by atoms with van der Waals surface area (Å²) in [5.74, 6) is -0.712. The van der Waals surface area contributed by atoms with Crippen LogP contribution in [-0.2, 0) is 11.2 Å². The molecule has 2 aromatic heterocycles. The van der Waals surface area contributed by atoms with E-state index in [1.807, 2.05) is 34.1 Å². The molecule has 1 saturated carbocycles. The summed E-state index contributed by atoms with van der Waals surface area (Å²) in [5, 5.41) is 4.75. The number of amides is 2. The zero-order valence-electron chi connectivity index (χ0n) is 23.1. The quantitative estimate of drug-likeness (QED) is 0.381. The molecule has 2 atom stereocenters. The summed E-state index contributed by atoms with van der Waals surface area (Å²) in [5.41, 5.74) is 11.5. The number of halogens is 1. The van der Waals surface area contributed by atoms with Crippen LogP contribution in [0.1, 0.15) is 71.9 Å². The van der Waals surface area contributed by atoms with Crippen LogP contribution in [0.5, 0.6) is 0 Å². The van der Waals surface area contributed by atoms with Crippen LogP contribution in [0.2, 0.25) is 0 Å². The van der Waals surface area contributed by atoms with Gasteiger partial charge < -0.3 is 15.5 Å². The van der Waals surface area contributed by atoms with Gasteiger partial charge in [-0.15, -0.1) is 0 Å². The van der Waals surface area contributed by atoms with Crippen molar-refractivity contribution in [3.8, 4) is 11.3 Å². The molecule has 41 heavy (non-hydrogen) atoms. The molecule has 0 bridgehead atoms. The van der Waals surface area contributed by atoms with E-state index in [1.54, 1.807) is 16.6 Å². The van der Waals surface area contributed by atoms with Gasteiger partial charge in [0.2, 0.25) is 5.91 Å². The Kier molecular flexibility index (Phi) is 6.25. The number of primary amides is 1. The van der Waals surface area contributed by atoms with Crippen molar-refractivity contribution in [3.63, 3.8) is 0 Å². The first-order valence-electron chi connectivity index (χ1n) is 14.5. The number of piperidine rings is 1. The van der Waals surface area contributed by atoms with E-state index in [4.69, 9.17) is 15.8 Å². The minimum Gasteiger partial charge on any atom is -0.371 e. The van der Waals surface area contributed by atoms with Gasteiger partial charge in [0.15, 0.2) is 5.65 Å². The average molecular weight is 553 g/mol. The molecule has 1 unspecified atom stereocenters. The Labute approximate surface area is 238 Å². The average Bonchev–Trinajstić information content (AvgIpc) is 3.75. The summed E-state index contributed by atoms with van der Waals surface area (Å²) in [6.45, 7) is 3.96. The van der Waals surface area contributed by atoms with Crippen molar-refractivity contribution in [2.45, 2.75) is 51.0 Å². The third-order valence-electron chi connectivity index (χ3n) is 8.94. The van der Waals surface area contributed by atoms with Gasteiger partial charge in [-0.25, -0.2) is 13.9 Å². The topological polar surface area (TPSA) is 96.8 Å². The molecule has 2 N–H and O–H groups in total. The summed E-state index contributed by atoms with van der Waals surface area (Å²) in [6, 6.07) is 17.0. The number of carbonyl (C=O) groups excluding carboxylic acids is 2. The maximum absolute atomic E-state index is 15.5. The van der Waals surface area contributed by atoms with E-state index in [9.17, 15) is 9.59 Å². The molecule has 4 aromatic rings. The Morgan fingerprint density at radius 2 is 1.85 bits per heavy atom. The highest BCUT2D eigenvalue weighted by molar-refractivity contribution is 5.93. The number of nitrogens with zero attached hydrogens (tertiary/aromatic N) is 5. The van der Waals surface area contributed by atoms with Gasteiger partial charge in [-0.05, 0) is 74.4 Å². The van der Waals surface area contributed by atoms with E-state index in [0.29, 0.717) is 41.6 Å². The molecule has 2 fully saturated rings. The van der Waals surface area contributed by atoms with E-state index in [1.165, 1.54) is 17.2 Å². The number of hydrogen-bond acceptors (Lipinski definition) is 5. The van der Waals surface area contributed by atoms with Crippen LogP contribution >= 0.6 is 0 Å². The summed E-state index contributed by atoms with van der Waals surface area (Å²) in [4.78, 5) is 34.1. The largest absolute Gasteiger partial charge is 0.371 e. The molecule has 210 valence electrons. The number of nitrogens with two attached hydrogens (primary N) is 1. The van der Waals surface area contributed by atoms with Crippen LogP contribution in [0.3, 0.4) is 0 Å². The second-order valence-electron chi connectivity index (χ2n) is 11.6. The summed E-state index contributed by atoms with van der Waals surface area (Å²) in [6.07, 6.45) is 4.47. The van der Waals surface area contributed by atoms with Gasteiger partial charge in [-0.1, -0.05) is 24.3 Å². The molecule has 1 aliphatic carbocycles. The normalized spacial score (nSPS) is 20.7. The monoisotopic (exact) mass is 552 g/mol. The Hall–Kier alpha value is -4.27. The van der Waals surface area contributed by atoms with E-state index >= 15 is 4.39 Å². The van der Waals surface area contributed by atoms with Gasteiger partial charge in [0, 0.05) is 48.6 Å². The predicted octanol–water partition coefficient (Wildman–Crippen LogP) is 4.87. The minimum atomic E-state index is -0.391. The maximum atomic E-state index is 15.5. The maximum Gasteiger partial charge on any atom is 0.273 e. The van der Waals surface area contributed by atoms with Crippen molar-refractivity contribution >= 4 is 23.1 Å². The van der Waals surface area contributed by atoms with Crippen LogP contribution in [0.25, 0.3) is 16.9 Å². The van der Waals surface area contributed by atoms with Gasteiger partial charge in [-0.3, -0.25) is 9.59 Å². The van der Waals surface area contributed by atoms with Gasteiger partial charge >= 0.3 is 0 Å². The number of hydrogen-bond donors (Lipinski definition) is 1. The lowest BCUT2D eigenvalue weighted by Gasteiger charge is -2.35. The standard InChI is InChI=1S/C32H33FN6O2/c1-19-24-7-3-2-5-20(24)12-14-38(19)32(41)28-16-29(21-8-9-21)39-30(35-28)17-27(36-39)25-11-10-23(15-26(25)33)37-13-4-6-22(18-37)31(34)40/h2-3,5,7,10-11,15-17,19,21-22H,4,6,8-9,12-14,18H2,1H3,(H2,34,40)/t19-,22?/m1/s1. The van der Waals surface area contributed by atoms with Crippen molar-refractivity contribution in [1.29, 1.82) is 0 Å². The lowest BCUT2D eigenvalue weighted by molar-refractivity contribution is -0.122. The molecule has 7 rings (SSSR count). The number of rotatable bonds is 5. The Balaban J connectivity index is 1.20. The fourth-order valence-electron chi connectivity index (χ4n) is 6.46. The van der Waals surface area contributed by atoms with Crippen molar-refractivity contribution in [2.24, 2.45) is 11.7 Å². The molecule has 3 aliphatic rings. The second-order valence-corrected chi connectivity index (χ2v) is 11.6. The molecule has 2 aliphatic heterocycles. The van der Waals surface area contributed by atoms with Gasteiger partial charge in [0.05, 0.1) is 17.7 Å². The molecule has 2 amide bonds. The van der Waals surface area contributed by atoms with Crippen LogP contribution in [0.15, 0.2) is 54.6 Å². The minimum absolute atomic E-state index is 0.0407. The first-order valence-corrected chi connectivity index (χ1v) is 14.5. The van der Waals surface area contributed by atoms with E-state index in [-0.39, 0.29) is 23.8 Å². The summed E-state index contributed by atoms with van der Waals surface area (Å²) < 4.78 is 17.3. The Bertz CT molecular complexity index is 1680. The number of carbonyl (C=O) groups is 2. The molecular formula is C32H33FN6O2. The molecule has 0 spiro atoms. The molecule has 9 heteroatoms. The van der Waals surface area contributed by atoms with Crippen molar-refractivity contribution in [1.82, 2.24) is 19.5 Å². The third-order valence-corrected chi connectivity index (χ3v) is 8.94. The number of fused-ring (bicyclic) bond motifs is 2. The first kappa shape index (κ1) is 25.7. The van der Waals surface area contributed by atoms with E-state index < -0.39 is 5.82 Å². The highest BCUT2D eigenvalue weighted by Gasteiger charge is 2.33. The number of benzene rings is 2. The lowest BCUT2D eigenvalue weighted by atomic mass is 9.93. The van der Waals surface area contributed by atoms with Gasteiger partial charge in [-0.2, -0.15) is 5.10 Å². The fraction of sp³-hybridized carbons (Fsp3) is 0.375. The van der Waals surface area contributed by atoms with Crippen molar-refractivity contribution < 1.29 is 14.0 Å². The molecule has 8 nitrogen and oxygen atoms in total.